The molecule has 0 N–H and O–H groups in total. The number of ketones is 1. The molecule has 16 heavy (non-hydrogen) atoms. The van der Waals surface area contributed by atoms with Crippen LogP contribution in [0.3, 0.4) is 0 Å². The smallest absolute Gasteiger partial charge is 0.313 e. The van der Waals surface area contributed by atoms with E-state index in [9.17, 15) is 9.59 Å². The Hall–Kier alpha value is -1.65. The molecule has 1 aliphatic carbocycles. The van der Waals surface area contributed by atoms with Crippen LogP contribution in [0.1, 0.15) is 24.3 Å². The van der Waals surface area contributed by atoms with E-state index in [-0.39, 0.29) is 24.0 Å². The molecule has 1 saturated carbocycles. The van der Waals surface area contributed by atoms with Crippen molar-refractivity contribution in [2.24, 2.45) is 13.0 Å². The molecule has 0 unspecified atom stereocenters. The molecule has 1 aromatic rings. The van der Waals surface area contributed by atoms with Crippen molar-refractivity contribution in [3.8, 4) is 0 Å². The number of rotatable bonds is 4. The lowest BCUT2D eigenvalue weighted by Crippen LogP contribution is -2.11. The summed E-state index contributed by atoms with van der Waals surface area (Å²) in [6, 6.07) is 0. The van der Waals surface area contributed by atoms with Crippen molar-refractivity contribution < 1.29 is 14.3 Å². The van der Waals surface area contributed by atoms with Crippen LogP contribution < -0.4 is 0 Å². The van der Waals surface area contributed by atoms with Gasteiger partial charge in [0.05, 0.1) is 13.3 Å². The molecule has 1 fully saturated rings. The Labute approximate surface area is 93.4 Å². The molecule has 86 valence electrons. The Morgan fingerprint density at radius 3 is 2.94 bits per heavy atom. The highest BCUT2D eigenvalue weighted by molar-refractivity contribution is 5.98. The lowest BCUT2D eigenvalue weighted by molar-refractivity contribution is -0.143. The van der Waals surface area contributed by atoms with E-state index in [0.29, 0.717) is 0 Å². The first-order valence-electron chi connectivity index (χ1n) is 5.20. The van der Waals surface area contributed by atoms with Gasteiger partial charge in [0.15, 0.2) is 0 Å². The summed E-state index contributed by atoms with van der Waals surface area (Å²) >= 11 is 0. The van der Waals surface area contributed by atoms with Crippen LogP contribution in [0.25, 0.3) is 0 Å². The van der Waals surface area contributed by atoms with E-state index >= 15 is 0 Å². The van der Waals surface area contributed by atoms with Gasteiger partial charge in [-0.25, -0.2) is 0 Å². The topological polar surface area (TPSA) is 61.2 Å². The molecule has 1 aliphatic rings. The summed E-state index contributed by atoms with van der Waals surface area (Å²) in [5.41, 5.74) is 1.07. The van der Waals surface area contributed by atoms with Crippen molar-refractivity contribution in [2.45, 2.75) is 18.8 Å². The quantitative estimate of drug-likeness (QED) is 0.554. The van der Waals surface area contributed by atoms with Crippen LogP contribution in [0.15, 0.2) is 12.4 Å². The third-order valence-corrected chi connectivity index (χ3v) is 2.90. The fourth-order valence-electron chi connectivity index (χ4n) is 1.90. The van der Waals surface area contributed by atoms with Gasteiger partial charge in [-0.2, -0.15) is 5.10 Å². The van der Waals surface area contributed by atoms with Crippen molar-refractivity contribution in [3.05, 3.63) is 18.0 Å². The largest absolute Gasteiger partial charge is 0.469 e. The summed E-state index contributed by atoms with van der Waals surface area (Å²) in [6.45, 7) is 0. The maximum Gasteiger partial charge on any atom is 0.313 e. The highest BCUT2D eigenvalue weighted by atomic mass is 16.5. The van der Waals surface area contributed by atoms with E-state index in [1.165, 1.54) is 7.11 Å². The van der Waals surface area contributed by atoms with Crippen LogP contribution in [-0.2, 0) is 21.4 Å². The number of ether oxygens (including phenoxy) is 1. The van der Waals surface area contributed by atoms with Crippen molar-refractivity contribution in [1.29, 1.82) is 0 Å². The van der Waals surface area contributed by atoms with Crippen molar-refractivity contribution >= 4 is 11.8 Å². The molecule has 0 aromatic carbocycles. The average molecular weight is 222 g/mol. The van der Waals surface area contributed by atoms with Gasteiger partial charge in [-0.3, -0.25) is 14.3 Å². The minimum atomic E-state index is -0.457. The summed E-state index contributed by atoms with van der Waals surface area (Å²) in [5, 5.41) is 4.06. The number of aryl methyl sites for hydroxylation is 1. The number of carbonyl (C=O) groups is 2. The zero-order valence-corrected chi connectivity index (χ0v) is 9.34. The minimum absolute atomic E-state index is 0.0247. The van der Waals surface area contributed by atoms with E-state index < -0.39 is 5.97 Å². The van der Waals surface area contributed by atoms with Gasteiger partial charge in [0.25, 0.3) is 0 Å². The molecule has 1 aromatic heterocycles. The van der Waals surface area contributed by atoms with Crippen molar-refractivity contribution in [2.75, 3.05) is 7.11 Å². The zero-order valence-electron chi connectivity index (χ0n) is 9.34. The Morgan fingerprint density at radius 2 is 2.38 bits per heavy atom. The second-order valence-electron chi connectivity index (χ2n) is 4.12. The van der Waals surface area contributed by atoms with Crippen LogP contribution in [0.5, 0.6) is 0 Å². The second-order valence-corrected chi connectivity index (χ2v) is 4.12. The number of aromatic nitrogens is 2. The molecule has 0 radical (unpaired) electrons. The van der Waals surface area contributed by atoms with Crippen LogP contribution in [0.2, 0.25) is 0 Å². The predicted octanol–water partition coefficient (Wildman–Crippen LogP) is 0.656. The Kier molecular flexibility index (Phi) is 2.77. The van der Waals surface area contributed by atoms with Crippen molar-refractivity contribution in [1.82, 2.24) is 9.78 Å². The van der Waals surface area contributed by atoms with Crippen LogP contribution >= 0.6 is 0 Å². The molecule has 1 heterocycles. The highest BCUT2D eigenvalue weighted by Gasteiger charge is 2.44. The molecule has 0 saturated heterocycles. The molecule has 0 amide bonds. The monoisotopic (exact) mass is 222 g/mol. The van der Waals surface area contributed by atoms with E-state index in [1.807, 2.05) is 13.2 Å². The van der Waals surface area contributed by atoms with E-state index in [1.54, 1.807) is 10.9 Å². The zero-order chi connectivity index (χ0) is 11.7. The van der Waals surface area contributed by atoms with Gasteiger partial charge in [-0.15, -0.1) is 0 Å². The van der Waals surface area contributed by atoms with E-state index in [0.717, 1.165) is 12.0 Å². The standard InChI is InChI=1S/C11H14N2O3/c1-13-6-7(5-12-13)8-3-9(8)10(14)4-11(15)16-2/h5-6,8-9H,3-4H2,1-2H3/t8-,9+/m0/s1. The lowest BCUT2D eigenvalue weighted by Gasteiger charge is -1.97. The van der Waals surface area contributed by atoms with Gasteiger partial charge >= 0.3 is 5.97 Å². The van der Waals surface area contributed by atoms with Crippen LogP contribution in [0, 0.1) is 5.92 Å². The molecular formula is C11H14N2O3. The summed E-state index contributed by atoms with van der Waals surface area (Å²) in [6.07, 6.45) is 4.39. The maximum atomic E-state index is 11.6. The first kappa shape index (κ1) is 10.9. The van der Waals surface area contributed by atoms with Gasteiger partial charge in [-0.1, -0.05) is 0 Å². The summed E-state index contributed by atoms with van der Waals surface area (Å²) in [7, 11) is 3.14. The van der Waals surface area contributed by atoms with Gasteiger partial charge in [0, 0.05) is 19.2 Å². The molecular weight excluding hydrogens is 208 g/mol. The van der Waals surface area contributed by atoms with E-state index in [2.05, 4.69) is 9.84 Å². The summed E-state index contributed by atoms with van der Waals surface area (Å²) in [5.74, 6) is -0.267. The third kappa shape index (κ3) is 2.13. The Bertz CT molecular complexity index is 425. The van der Waals surface area contributed by atoms with Gasteiger partial charge in [0.2, 0.25) is 0 Å². The molecule has 5 nitrogen and oxygen atoms in total. The maximum absolute atomic E-state index is 11.6. The normalized spacial score (nSPS) is 22.9. The molecule has 0 spiro atoms. The average Bonchev–Trinajstić information content (AvgIpc) is 2.95. The fraction of sp³-hybridized carbons (Fsp3) is 0.545. The first-order chi connectivity index (χ1) is 7.61. The van der Waals surface area contributed by atoms with Gasteiger partial charge in [-0.05, 0) is 17.9 Å². The molecule has 2 rings (SSSR count). The molecule has 2 atom stereocenters. The number of Topliss-reactive ketones (excluding diaryl/α,β-unsaturated/α-hetero) is 1. The second kappa shape index (κ2) is 4.08. The van der Waals surface area contributed by atoms with Crippen LogP contribution in [0.4, 0.5) is 0 Å². The molecule has 0 bridgehead atoms. The first-order valence-corrected chi connectivity index (χ1v) is 5.20. The molecule has 5 heteroatoms. The number of hydrogen-bond acceptors (Lipinski definition) is 4. The number of nitrogens with zero attached hydrogens (tertiary/aromatic N) is 2. The van der Waals surface area contributed by atoms with Gasteiger partial charge in [0.1, 0.15) is 12.2 Å². The lowest BCUT2D eigenvalue weighted by atomic mass is 10.1. The van der Waals surface area contributed by atoms with E-state index in [4.69, 9.17) is 0 Å². The summed E-state index contributed by atoms with van der Waals surface area (Å²) in [4.78, 5) is 22.6. The highest BCUT2D eigenvalue weighted by Crippen LogP contribution is 2.48. The number of hydrogen-bond donors (Lipinski definition) is 0. The fourth-order valence-corrected chi connectivity index (χ4v) is 1.90. The van der Waals surface area contributed by atoms with Crippen LogP contribution in [-0.4, -0.2) is 28.6 Å². The predicted molar refractivity (Wildman–Crippen MR) is 55.7 cm³/mol. The Morgan fingerprint density at radius 1 is 1.62 bits per heavy atom. The van der Waals surface area contributed by atoms with Gasteiger partial charge < -0.3 is 4.74 Å². The number of methoxy groups -OCH3 is 1. The van der Waals surface area contributed by atoms with Crippen molar-refractivity contribution in [3.63, 3.8) is 0 Å². The number of carbonyl (C=O) groups excluding carboxylic acids is 2. The Balaban J connectivity index is 1.91. The SMILES string of the molecule is COC(=O)CC(=O)[C@@H]1C[C@H]1c1cnn(C)c1. The summed E-state index contributed by atoms with van der Waals surface area (Å²) < 4.78 is 6.19. The molecule has 0 aliphatic heterocycles. The number of esters is 1. The third-order valence-electron chi connectivity index (χ3n) is 2.90. The minimum Gasteiger partial charge on any atom is -0.469 e.